The lowest BCUT2D eigenvalue weighted by molar-refractivity contribution is 0.319. The summed E-state index contributed by atoms with van der Waals surface area (Å²) >= 11 is 6.43. The molecule has 0 spiro atoms. The van der Waals surface area contributed by atoms with Crippen molar-refractivity contribution in [3.05, 3.63) is 30.3 Å². The van der Waals surface area contributed by atoms with Crippen LogP contribution in [0.2, 0.25) is 6.04 Å². The molecule has 17 heavy (non-hydrogen) atoms. The van der Waals surface area contributed by atoms with Crippen molar-refractivity contribution in [2.45, 2.75) is 38.7 Å². The van der Waals surface area contributed by atoms with Crippen LogP contribution in [0.15, 0.2) is 30.3 Å². The zero-order valence-corrected chi connectivity index (χ0v) is 12.4. The molecule has 1 aromatic carbocycles. The van der Waals surface area contributed by atoms with Gasteiger partial charge in [-0.1, -0.05) is 55.5 Å². The predicted octanol–water partition coefficient (Wildman–Crippen LogP) is 4.47. The van der Waals surface area contributed by atoms with E-state index in [2.05, 4.69) is 6.92 Å². The monoisotopic (exact) mass is 272 g/mol. The van der Waals surface area contributed by atoms with Crippen molar-refractivity contribution in [1.82, 2.24) is 0 Å². The van der Waals surface area contributed by atoms with Crippen molar-refractivity contribution in [1.29, 1.82) is 0 Å². The molecule has 0 aliphatic carbocycles. The van der Waals surface area contributed by atoms with Gasteiger partial charge in [-0.05, 0) is 18.6 Å². The Balaban J connectivity index is 2.45. The summed E-state index contributed by atoms with van der Waals surface area (Å²) in [6.07, 6.45) is 4.74. The highest BCUT2D eigenvalue weighted by Gasteiger charge is 2.36. The second-order valence-electron chi connectivity index (χ2n) is 4.09. The summed E-state index contributed by atoms with van der Waals surface area (Å²) < 4.78 is 11.2. The van der Waals surface area contributed by atoms with E-state index < -0.39 is 7.87 Å². The van der Waals surface area contributed by atoms with Crippen molar-refractivity contribution in [3.8, 4) is 5.75 Å². The van der Waals surface area contributed by atoms with Gasteiger partial charge in [-0.3, -0.25) is 0 Å². The average Bonchev–Trinajstić information content (AvgIpc) is 2.36. The van der Waals surface area contributed by atoms with E-state index in [1.54, 1.807) is 7.11 Å². The van der Waals surface area contributed by atoms with Gasteiger partial charge in [-0.25, -0.2) is 0 Å². The Morgan fingerprint density at radius 3 is 2.41 bits per heavy atom. The first-order valence-corrected chi connectivity index (χ1v) is 9.22. The summed E-state index contributed by atoms with van der Waals surface area (Å²) in [5.41, 5.74) is 0. The first-order valence-electron chi connectivity index (χ1n) is 6.18. The zero-order chi connectivity index (χ0) is 12.6. The van der Waals surface area contributed by atoms with Crippen LogP contribution in [-0.4, -0.2) is 15.0 Å². The third kappa shape index (κ3) is 5.57. The standard InChI is InChI=1S/C13H21ClO2Si/c1-3-4-5-9-12-17(14,15-2)16-13-10-7-6-8-11-13/h6-8,10-11H,3-5,9,12H2,1-2H3. The van der Waals surface area contributed by atoms with Crippen molar-refractivity contribution in [3.63, 3.8) is 0 Å². The van der Waals surface area contributed by atoms with Crippen LogP contribution < -0.4 is 4.43 Å². The van der Waals surface area contributed by atoms with Crippen molar-refractivity contribution in [2.75, 3.05) is 7.11 Å². The van der Waals surface area contributed by atoms with Gasteiger partial charge in [0.15, 0.2) is 0 Å². The number of unbranched alkanes of at least 4 members (excludes halogenated alkanes) is 3. The minimum Gasteiger partial charge on any atom is -0.510 e. The molecule has 0 saturated carbocycles. The van der Waals surface area contributed by atoms with Gasteiger partial charge in [0.2, 0.25) is 0 Å². The van der Waals surface area contributed by atoms with Crippen LogP contribution in [0.1, 0.15) is 32.6 Å². The Morgan fingerprint density at radius 2 is 1.82 bits per heavy atom. The zero-order valence-electron chi connectivity index (χ0n) is 10.6. The lowest BCUT2D eigenvalue weighted by Crippen LogP contribution is -2.38. The van der Waals surface area contributed by atoms with Crippen molar-refractivity contribution < 1.29 is 8.85 Å². The molecule has 0 aliphatic heterocycles. The van der Waals surface area contributed by atoms with Crippen LogP contribution in [0, 0.1) is 0 Å². The summed E-state index contributed by atoms with van der Waals surface area (Å²) in [4.78, 5) is 0. The van der Waals surface area contributed by atoms with E-state index >= 15 is 0 Å². The molecule has 0 heterocycles. The second-order valence-corrected chi connectivity index (χ2v) is 8.25. The number of halogens is 1. The topological polar surface area (TPSA) is 18.5 Å². The van der Waals surface area contributed by atoms with Crippen molar-refractivity contribution in [2.24, 2.45) is 0 Å². The molecule has 0 aromatic heterocycles. The Bertz CT molecular complexity index is 308. The van der Waals surface area contributed by atoms with Crippen LogP contribution in [0.4, 0.5) is 0 Å². The van der Waals surface area contributed by atoms with Crippen LogP contribution in [-0.2, 0) is 4.43 Å². The van der Waals surface area contributed by atoms with Gasteiger partial charge in [-0.15, -0.1) is 0 Å². The number of benzene rings is 1. The van der Waals surface area contributed by atoms with Gasteiger partial charge in [0.25, 0.3) is 0 Å². The summed E-state index contributed by atoms with van der Waals surface area (Å²) in [5, 5.41) is 0. The Hall–Kier alpha value is -0.513. The molecule has 0 radical (unpaired) electrons. The molecule has 4 heteroatoms. The Morgan fingerprint density at radius 1 is 1.12 bits per heavy atom. The van der Waals surface area contributed by atoms with E-state index in [1.807, 2.05) is 30.3 Å². The molecule has 1 unspecified atom stereocenters. The van der Waals surface area contributed by atoms with Gasteiger partial charge in [0, 0.05) is 13.2 Å². The molecule has 1 aromatic rings. The number of rotatable bonds is 8. The van der Waals surface area contributed by atoms with E-state index in [0.717, 1.165) is 18.2 Å². The van der Waals surface area contributed by atoms with Crippen LogP contribution in [0.5, 0.6) is 5.75 Å². The predicted molar refractivity (Wildman–Crippen MR) is 74.6 cm³/mol. The molecular weight excluding hydrogens is 252 g/mol. The highest BCUT2D eigenvalue weighted by atomic mass is 35.6. The average molecular weight is 273 g/mol. The molecule has 2 nitrogen and oxygen atoms in total. The quantitative estimate of drug-likeness (QED) is 0.395. The van der Waals surface area contributed by atoms with Crippen LogP contribution in [0.25, 0.3) is 0 Å². The maximum atomic E-state index is 6.43. The molecule has 0 fully saturated rings. The fourth-order valence-corrected chi connectivity index (χ4v) is 3.84. The van der Waals surface area contributed by atoms with Crippen molar-refractivity contribution >= 4 is 18.9 Å². The fourth-order valence-electron chi connectivity index (χ4n) is 1.62. The smallest absolute Gasteiger partial charge is 0.505 e. The molecule has 0 bridgehead atoms. The second kappa shape index (κ2) is 7.74. The maximum absolute atomic E-state index is 6.43. The SMILES string of the molecule is CCCCCC[Si](Cl)(OC)Oc1ccccc1. The molecule has 0 N–H and O–H groups in total. The first kappa shape index (κ1) is 14.5. The minimum absolute atomic E-state index is 0.798. The summed E-state index contributed by atoms with van der Waals surface area (Å²) in [5.74, 6) is 0.798. The number of para-hydroxylation sites is 1. The summed E-state index contributed by atoms with van der Waals surface area (Å²) in [6, 6.07) is 10.5. The summed E-state index contributed by atoms with van der Waals surface area (Å²) in [6.45, 7) is 2.20. The van der Waals surface area contributed by atoms with Gasteiger partial charge < -0.3 is 8.85 Å². The maximum Gasteiger partial charge on any atom is 0.505 e. The Kier molecular flexibility index (Phi) is 6.63. The van der Waals surface area contributed by atoms with Crippen LogP contribution in [0.3, 0.4) is 0 Å². The van der Waals surface area contributed by atoms with E-state index in [4.69, 9.17) is 19.9 Å². The minimum atomic E-state index is -2.54. The fraction of sp³-hybridized carbons (Fsp3) is 0.538. The third-order valence-electron chi connectivity index (χ3n) is 2.65. The first-order chi connectivity index (χ1) is 8.20. The van der Waals surface area contributed by atoms with Gasteiger partial charge >= 0.3 is 7.87 Å². The molecule has 1 atom stereocenters. The van der Waals surface area contributed by atoms with Gasteiger partial charge in [-0.2, -0.15) is 0 Å². The van der Waals surface area contributed by atoms with E-state index in [1.165, 1.54) is 19.3 Å². The molecular formula is C13H21ClO2Si. The molecule has 1 rings (SSSR count). The van der Waals surface area contributed by atoms with Crippen LogP contribution >= 0.6 is 11.1 Å². The Labute approximate surface area is 110 Å². The number of hydrogen-bond acceptors (Lipinski definition) is 2. The number of hydrogen-bond donors (Lipinski definition) is 0. The molecule has 0 amide bonds. The lowest BCUT2D eigenvalue weighted by atomic mass is 10.2. The molecule has 0 saturated heterocycles. The van der Waals surface area contributed by atoms with Gasteiger partial charge in [0.05, 0.1) is 0 Å². The lowest BCUT2D eigenvalue weighted by Gasteiger charge is -2.22. The molecule has 0 aliphatic rings. The normalized spacial score (nSPS) is 14.3. The molecule has 96 valence electrons. The van der Waals surface area contributed by atoms with Gasteiger partial charge in [0.1, 0.15) is 5.75 Å². The van der Waals surface area contributed by atoms with E-state index in [-0.39, 0.29) is 0 Å². The highest BCUT2D eigenvalue weighted by Crippen LogP contribution is 2.24. The highest BCUT2D eigenvalue weighted by molar-refractivity contribution is 7.13. The largest absolute Gasteiger partial charge is 0.510 e. The third-order valence-corrected chi connectivity index (χ3v) is 6.01. The van der Waals surface area contributed by atoms with E-state index in [9.17, 15) is 0 Å². The van der Waals surface area contributed by atoms with E-state index in [0.29, 0.717) is 0 Å². The summed E-state index contributed by atoms with van der Waals surface area (Å²) in [7, 11) is -0.901.